The van der Waals surface area contributed by atoms with Gasteiger partial charge in [0.2, 0.25) is 5.89 Å². The zero-order chi connectivity index (χ0) is 13.9. The molecule has 0 amide bonds. The number of nitrogens with two attached hydrogens (primary N) is 1. The molecule has 3 rings (SSSR count). The number of nitrogens with zero attached hydrogens (tertiary/aromatic N) is 4. The van der Waals surface area contributed by atoms with Crippen LogP contribution >= 0.6 is 36.2 Å². The van der Waals surface area contributed by atoms with Crippen LogP contribution < -0.4 is 5.73 Å². The SMILES string of the molecule is CN(Cc1noc(CN)n1)Cc1nc2c(s1)CCCC2.Cl.Cl. The zero-order valence-electron chi connectivity index (χ0n) is 12.4. The predicted octanol–water partition coefficient (Wildman–Crippen LogP) is 2.34. The summed E-state index contributed by atoms with van der Waals surface area (Å²) in [5.74, 6) is 1.16. The molecule has 0 bridgehead atoms. The predicted molar refractivity (Wildman–Crippen MR) is 90.6 cm³/mol. The number of hydrogen-bond donors (Lipinski definition) is 1. The first kappa shape index (κ1) is 19.3. The standard InChI is InChI=1S/C13H19N5OS.2ClH/c1-18(7-11-16-12(6-14)19-17-11)8-13-15-9-4-2-3-5-10(9)20-13;;/h2-8,14H2,1H3;2*1H. The molecule has 1 aliphatic carbocycles. The fraction of sp³-hybridized carbons (Fsp3) is 0.615. The summed E-state index contributed by atoms with van der Waals surface area (Å²) in [5, 5.41) is 5.09. The van der Waals surface area contributed by atoms with E-state index in [1.165, 1.54) is 34.8 Å². The smallest absolute Gasteiger partial charge is 0.240 e. The van der Waals surface area contributed by atoms with Crippen molar-refractivity contribution in [3.8, 4) is 0 Å². The van der Waals surface area contributed by atoms with Gasteiger partial charge in [0.1, 0.15) is 5.01 Å². The molecule has 9 heteroatoms. The minimum absolute atomic E-state index is 0. The van der Waals surface area contributed by atoms with Gasteiger partial charge in [0.05, 0.1) is 25.3 Å². The van der Waals surface area contributed by atoms with Crippen molar-refractivity contribution >= 4 is 36.2 Å². The first-order valence-electron chi connectivity index (χ1n) is 6.92. The maximum atomic E-state index is 5.46. The monoisotopic (exact) mass is 365 g/mol. The molecule has 2 aromatic heterocycles. The first-order chi connectivity index (χ1) is 9.74. The molecule has 0 atom stereocenters. The molecule has 0 aliphatic heterocycles. The fourth-order valence-electron chi connectivity index (χ4n) is 2.44. The molecule has 0 radical (unpaired) electrons. The maximum Gasteiger partial charge on any atom is 0.240 e. The molecule has 6 nitrogen and oxygen atoms in total. The molecule has 0 aromatic carbocycles. The average Bonchev–Trinajstić information content (AvgIpc) is 3.04. The summed E-state index contributed by atoms with van der Waals surface area (Å²) in [6.45, 7) is 1.76. The van der Waals surface area contributed by atoms with Crippen LogP contribution in [0.3, 0.4) is 0 Å². The van der Waals surface area contributed by atoms with E-state index in [0.29, 0.717) is 18.3 Å². The molecule has 0 saturated carbocycles. The van der Waals surface area contributed by atoms with Crippen molar-refractivity contribution in [3.63, 3.8) is 0 Å². The van der Waals surface area contributed by atoms with Crippen molar-refractivity contribution in [1.29, 1.82) is 0 Å². The van der Waals surface area contributed by atoms with E-state index in [-0.39, 0.29) is 31.4 Å². The quantitative estimate of drug-likeness (QED) is 0.875. The highest BCUT2D eigenvalue weighted by Crippen LogP contribution is 2.27. The number of rotatable bonds is 5. The fourth-order valence-corrected chi connectivity index (χ4v) is 3.68. The Kier molecular flexibility index (Phi) is 7.71. The Morgan fingerprint density at radius 1 is 1.18 bits per heavy atom. The molecule has 2 N–H and O–H groups in total. The minimum Gasteiger partial charge on any atom is -0.338 e. The van der Waals surface area contributed by atoms with Gasteiger partial charge in [0.15, 0.2) is 5.82 Å². The zero-order valence-corrected chi connectivity index (χ0v) is 14.9. The van der Waals surface area contributed by atoms with E-state index in [0.717, 1.165) is 13.0 Å². The van der Waals surface area contributed by atoms with Crippen molar-refractivity contribution in [2.75, 3.05) is 7.05 Å². The largest absolute Gasteiger partial charge is 0.338 e. The highest BCUT2D eigenvalue weighted by atomic mass is 35.5. The number of hydrogen-bond acceptors (Lipinski definition) is 7. The van der Waals surface area contributed by atoms with Crippen LogP contribution in [-0.2, 0) is 32.5 Å². The van der Waals surface area contributed by atoms with Crippen LogP contribution in [-0.4, -0.2) is 27.1 Å². The molecule has 2 aromatic rings. The summed E-state index contributed by atoms with van der Waals surface area (Å²) >= 11 is 1.85. The van der Waals surface area contributed by atoms with Crippen LogP contribution in [0.2, 0.25) is 0 Å². The van der Waals surface area contributed by atoms with Gasteiger partial charge in [0, 0.05) is 4.88 Å². The Balaban J connectivity index is 0.00000121. The van der Waals surface area contributed by atoms with Crippen LogP contribution in [0.15, 0.2) is 4.52 Å². The van der Waals surface area contributed by atoms with Gasteiger partial charge in [-0.05, 0) is 32.7 Å². The lowest BCUT2D eigenvalue weighted by Crippen LogP contribution is -2.18. The molecule has 22 heavy (non-hydrogen) atoms. The van der Waals surface area contributed by atoms with Crippen molar-refractivity contribution in [1.82, 2.24) is 20.0 Å². The molecular formula is C13H21Cl2N5OS. The highest BCUT2D eigenvalue weighted by Gasteiger charge is 2.16. The molecule has 0 spiro atoms. The van der Waals surface area contributed by atoms with Crippen LogP contribution in [0.1, 0.15) is 40.1 Å². The summed E-state index contributed by atoms with van der Waals surface area (Å²) in [6, 6.07) is 0. The summed E-state index contributed by atoms with van der Waals surface area (Å²) in [7, 11) is 2.04. The van der Waals surface area contributed by atoms with E-state index in [9.17, 15) is 0 Å². The molecule has 0 unspecified atom stereocenters. The lowest BCUT2D eigenvalue weighted by Gasteiger charge is -2.11. The van der Waals surface area contributed by atoms with E-state index in [2.05, 4.69) is 15.0 Å². The molecule has 1 aliphatic rings. The van der Waals surface area contributed by atoms with Gasteiger partial charge in [-0.15, -0.1) is 36.2 Å². The van der Waals surface area contributed by atoms with Crippen LogP contribution in [0.25, 0.3) is 0 Å². The summed E-state index contributed by atoms with van der Waals surface area (Å²) in [6.07, 6.45) is 4.91. The van der Waals surface area contributed by atoms with E-state index in [1.807, 2.05) is 18.4 Å². The Morgan fingerprint density at radius 2 is 1.95 bits per heavy atom. The van der Waals surface area contributed by atoms with Gasteiger partial charge in [-0.25, -0.2) is 4.98 Å². The van der Waals surface area contributed by atoms with Crippen molar-refractivity contribution in [2.24, 2.45) is 5.73 Å². The van der Waals surface area contributed by atoms with Gasteiger partial charge in [-0.3, -0.25) is 4.90 Å². The normalized spacial score (nSPS) is 13.4. The van der Waals surface area contributed by atoms with Gasteiger partial charge in [0.25, 0.3) is 0 Å². The molecule has 0 fully saturated rings. The van der Waals surface area contributed by atoms with Gasteiger partial charge >= 0.3 is 0 Å². The topological polar surface area (TPSA) is 81.1 Å². The van der Waals surface area contributed by atoms with Crippen molar-refractivity contribution < 1.29 is 4.52 Å². The number of fused-ring (bicyclic) bond motifs is 1. The minimum atomic E-state index is 0. The number of thiazole rings is 1. The van der Waals surface area contributed by atoms with E-state index in [4.69, 9.17) is 15.2 Å². The van der Waals surface area contributed by atoms with Crippen LogP contribution in [0.4, 0.5) is 0 Å². The van der Waals surface area contributed by atoms with Gasteiger partial charge in [-0.1, -0.05) is 5.16 Å². The summed E-state index contributed by atoms with van der Waals surface area (Å²) in [4.78, 5) is 12.6. The Morgan fingerprint density at radius 3 is 2.64 bits per heavy atom. The Hall–Kier alpha value is -0.730. The maximum absolute atomic E-state index is 5.46. The summed E-state index contributed by atoms with van der Waals surface area (Å²) in [5.41, 5.74) is 6.77. The third kappa shape index (κ3) is 4.63. The van der Waals surface area contributed by atoms with E-state index >= 15 is 0 Å². The highest BCUT2D eigenvalue weighted by molar-refractivity contribution is 7.11. The Labute approximate surface area is 146 Å². The third-order valence-electron chi connectivity index (χ3n) is 3.39. The van der Waals surface area contributed by atoms with Crippen LogP contribution in [0, 0.1) is 0 Å². The number of aryl methyl sites for hydroxylation is 2. The van der Waals surface area contributed by atoms with E-state index < -0.39 is 0 Å². The van der Waals surface area contributed by atoms with Crippen molar-refractivity contribution in [3.05, 3.63) is 27.3 Å². The van der Waals surface area contributed by atoms with Gasteiger partial charge < -0.3 is 10.3 Å². The average molecular weight is 366 g/mol. The second-order valence-corrected chi connectivity index (χ2v) is 6.33. The molecule has 0 saturated heterocycles. The third-order valence-corrected chi connectivity index (χ3v) is 4.53. The van der Waals surface area contributed by atoms with E-state index in [1.54, 1.807) is 0 Å². The van der Waals surface area contributed by atoms with Crippen molar-refractivity contribution in [2.45, 2.75) is 45.3 Å². The lowest BCUT2D eigenvalue weighted by molar-refractivity contribution is 0.299. The van der Waals surface area contributed by atoms with Crippen LogP contribution in [0.5, 0.6) is 0 Å². The molecular weight excluding hydrogens is 345 g/mol. The summed E-state index contributed by atoms with van der Waals surface area (Å²) < 4.78 is 5.01. The lowest BCUT2D eigenvalue weighted by atomic mass is 10.0. The second-order valence-electron chi connectivity index (χ2n) is 5.17. The number of aromatic nitrogens is 3. The number of halogens is 2. The second kappa shape index (κ2) is 8.79. The Bertz CT molecular complexity index is 565. The molecule has 2 heterocycles. The van der Waals surface area contributed by atoms with Gasteiger partial charge in [-0.2, -0.15) is 4.98 Å². The molecule has 124 valence electrons. The first-order valence-corrected chi connectivity index (χ1v) is 7.74.